The Bertz CT molecular complexity index is 513. The second-order valence-corrected chi connectivity index (χ2v) is 6.06. The molecule has 0 aliphatic heterocycles. The number of ether oxygens (including phenoxy) is 1. The molecule has 1 heterocycles. The van der Waals surface area contributed by atoms with Crippen LogP contribution in [0.2, 0.25) is 0 Å². The molecule has 0 saturated heterocycles. The van der Waals surface area contributed by atoms with Crippen molar-refractivity contribution in [3.8, 4) is 5.75 Å². The number of nitrogens with one attached hydrogen (secondary N) is 1. The molecular formula is C12H13BrN2OS. The van der Waals surface area contributed by atoms with Crippen molar-refractivity contribution in [2.45, 2.75) is 6.54 Å². The van der Waals surface area contributed by atoms with Crippen LogP contribution in [0.25, 0.3) is 0 Å². The molecule has 0 radical (unpaired) electrons. The first-order chi connectivity index (χ1) is 8.19. The summed E-state index contributed by atoms with van der Waals surface area (Å²) in [4.78, 5) is 1.27. The lowest BCUT2D eigenvalue weighted by molar-refractivity contribution is 0.417. The number of nitrogen functional groups attached to an aromatic ring is 1. The normalized spacial score (nSPS) is 10.2. The van der Waals surface area contributed by atoms with Crippen LogP contribution < -0.4 is 15.8 Å². The maximum Gasteiger partial charge on any atom is 0.143 e. The van der Waals surface area contributed by atoms with Crippen LogP contribution in [0.4, 0.5) is 11.4 Å². The van der Waals surface area contributed by atoms with E-state index in [1.54, 1.807) is 18.4 Å². The van der Waals surface area contributed by atoms with Crippen molar-refractivity contribution in [3.05, 3.63) is 39.0 Å². The number of hydrogen-bond acceptors (Lipinski definition) is 4. The van der Waals surface area contributed by atoms with Gasteiger partial charge in [-0.2, -0.15) is 0 Å². The van der Waals surface area contributed by atoms with E-state index in [2.05, 4.69) is 27.3 Å². The number of hydrogen-bond donors (Lipinski definition) is 2. The molecular weight excluding hydrogens is 300 g/mol. The van der Waals surface area contributed by atoms with Gasteiger partial charge in [0.1, 0.15) is 5.75 Å². The summed E-state index contributed by atoms with van der Waals surface area (Å²) in [6, 6.07) is 9.82. The van der Waals surface area contributed by atoms with Crippen LogP contribution >= 0.6 is 27.3 Å². The summed E-state index contributed by atoms with van der Waals surface area (Å²) < 4.78 is 6.31. The van der Waals surface area contributed by atoms with E-state index in [1.807, 2.05) is 24.3 Å². The Hall–Kier alpha value is -1.20. The Morgan fingerprint density at radius 1 is 1.35 bits per heavy atom. The van der Waals surface area contributed by atoms with E-state index >= 15 is 0 Å². The van der Waals surface area contributed by atoms with Crippen LogP contribution in [0.15, 0.2) is 34.1 Å². The quantitative estimate of drug-likeness (QED) is 0.846. The topological polar surface area (TPSA) is 47.3 Å². The summed E-state index contributed by atoms with van der Waals surface area (Å²) in [5, 5.41) is 3.33. The molecule has 0 aliphatic rings. The lowest BCUT2D eigenvalue weighted by Gasteiger charge is -2.09. The van der Waals surface area contributed by atoms with Gasteiger partial charge in [0.05, 0.1) is 16.6 Å². The molecule has 3 N–H and O–H groups in total. The molecule has 17 heavy (non-hydrogen) atoms. The highest BCUT2D eigenvalue weighted by Gasteiger charge is 2.02. The third-order valence-electron chi connectivity index (χ3n) is 2.33. The molecule has 90 valence electrons. The summed E-state index contributed by atoms with van der Waals surface area (Å²) in [6.07, 6.45) is 0. The number of benzene rings is 1. The van der Waals surface area contributed by atoms with Gasteiger partial charge in [-0.1, -0.05) is 0 Å². The van der Waals surface area contributed by atoms with Crippen LogP contribution in [0.3, 0.4) is 0 Å². The van der Waals surface area contributed by atoms with Crippen molar-refractivity contribution in [1.82, 2.24) is 0 Å². The fourth-order valence-corrected chi connectivity index (χ4v) is 2.88. The Morgan fingerprint density at radius 2 is 2.18 bits per heavy atom. The number of thiophene rings is 1. The van der Waals surface area contributed by atoms with Crippen LogP contribution in [0.5, 0.6) is 5.75 Å². The summed E-state index contributed by atoms with van der Waals surface area (Å²) in [6.45, 7) is 0.795. The smallest absolute Gasteiger partial charge is 0.143 e. The highest BCUT2D eigenvalue weighted by atomic mass is 79.9. The van der Waals surface area contributed by atoms with Crippen LogP contribution in [0, 0.1) is 0 Å². The Morgan fingerprint density at radius 3 is 2.82 bits per heavy atom. The van der Waals surface area contributed by atoms with Gasteiger partial charge in [-0.05, 0) is 40.2 Å². The predicted molar refractivity (Wildman–Crippen MR) is 76.8 cm³/mol. The molecule has 0 amide bonds. The second kappa shape index (κ2) is 5.42. The summed E-state index contributed by atoms with van der Waals surface area (Å²) in [5.41, 5.74) is 7.40. The average Bonchev–Trinajstić information content (AvgIpc) is 2.74. The summed E-state index contributed by atoms with van der Waals surface area (Å²) in [5.74, 6) is 0.697. The standard InChI is InChI=1S/C12H13BrN2OS/c1-16-11-6-8(2-4-10(11)14)15-7-9-3-5-12(13)17-9/h2-6,15H,7,14H2,1H3. The molecule has 2 rings (SSSR count). The average molecular weight is 313 g/mol. The second-order valence-electron chi connectivity index (χ2n) is 3.52. The van der Waals surface area contributed by atoms with E-state index in [4.69, 9.17) is 10.5 Å². The van der Waals surface area contributed by atoms with Gasteiger partial charge in [-0.15, -0.1) is 11.3 Å². The maximum atomic E-state index is 5.75. The lowest BCUT2D eigenvalue weighted by Crippen LogP contribution is -1.99. The fourth-order valence-electron chi connectivity index (χ4n) is 1.46. The lowest BCUT2D eigenvalue weighted by atomic mass is 10.2. The van der Waals surface area contributed by atoms with Crippen molar-refractivity contribution in [2.24, 2.45) is 0 Å². The minimum atomic E-state index is 0.650. The van der Waals surface area contributed by atoms with E-state index < -0.39 is 0 Å². The van der Waals surface area contributed by atoms with E-state index in [1.165, 1.54) is 4.88 Å². The van der Waals surface area contributed by atoms with Gasteiger partial charge in [0.2, 0.25) is 0 Å². The first kappa shape index (κ1) is 12.3. The predicted octanol–water partition coefficient (Wildman–Crippen LogP) is 3.71. The molecule has 0 fully saturated rings. The zero-order valence-corrected chi connectivity index (χ0v) is 11.8. The molecule has 1 aromatic heterocycles. The third-order valence-corrected chi connectivity index (χ3v) is 3.95. The Balaban J connectivity index is 2.04. The number of halogens is 1. The van der Waals surface area contributed by atoms with Gasteiger partial charge in [0.15, 0.2) is 0 Å². The van der Waals surface area contributed by atoms with Crippen molar-refractivity contribution in [3.63, 3.8) is 0 Å². The van der Waals surface area contributed by atoms with Crippen LogP contribution in [-0.2, 0) is 6.54 Å². The molecule has 1 aromatic carbocycles. The molecule has 0 spiro atoms. The van der Waals surface area contributed by atoms with Gasteiger partial charge in [-0.3, -0.25) is 0 Å². The van der Waals surface area contributed by atoms with Crippen LogP contribution in [0.1, 0.15) is 4.88 Å². The minimum absolute atomic E-state index is 0.650. The Kier molecular flexibility index (Phi) is 3.91. The first-order valence-electron chi connectivity index (χ1n) is 5.10. The van der Waals surface area contributed by atoms with Gasteiger partial charge in [0.25, 0.3) is 0 Å². The SMILES string of the molecule is COc1cc(NCc2ccc(Br)s2)ccc1N. The van der Waals surface area contributed by atoms with Crippen molar-refractivity contribution < 1.29 is 4.74 Å². The third kappa shape index (κ3) is 3.14. The van der Waals surface area contributed by atoms with Gasteiger partial charge in [0, 0.05) is 23.2 Å². The van der Waals surface area contributed by atoms with E-state index in [-0.39, 0.29) is 0 Å². The van der Waals surface area contributed by atoms with E-state index in [0.29, 0.717) is 11.4 Å². The number of anilines is 2. The molecule has 0 unspecified atom stereocenters. The molecule has 5 heteroatoms. The minimum Gasteiger partial charge on any atom is -0.495 e. The molecule has 0 saturated carbocycles. The first-order valence-corrected chi connectivity index (χ1v) is 6.71. The number of nitrogens with two attached hydrogens (primary N) is 1. The van der Waals surface area contributed by atoms with Crippen LogP contribution in [-0.4, -0.2) is 7.11 Å². The summed E-state index contributed by atoms with van der Waals surface area (Å²) in [7, 11) is 1.62. The largest absolute Gasteiger partial charge is 0.495 e. The maximum absolute atomic E-state index is 5.75. The monoisotopic (exact) mass is 312 g/mol. The zero-order chi connectivity index (χ0) is 12.3. The summed E-state index contributed by atoms with van der Waals surface area (Å²) >= 11 is 5.16. The van der Waals surface area contributed by atoms with Gasteiger partial charge < -0.3 is 15.8 Å². The number of rotatable bonds is 4. The van der Waals surface area contributed by atoms with Crippen molar-refractivity contribution in [1.29, 1.82) is 0 Å². The molecule has 0 atom stereocenters. The highest BCUT2D eigenvalue weighted by Crippen LogP contribution is 2.26. The number of methoxy groups -OCH3 is 1. The van der Waals surface area contributed by atoms with Crippen molar-refractivity contribution in [2.75, 3.05) is 18.2 Å². The molecule has 3 nitrogen and oxygen atoms in total. The van der Waals surface area contributed by atoms with Crippen molar-refractivity contribution >= 4 is 38.6 Å². The van der Waals surface area contributed by atoms with Gasteiger partial charge >= 0.3 is 0 Å². The fraction of sp³-hybridized carbons (Fsp3) is 0.167. The van der Waals surface area contributed by atoms with Gasteiger partial charge in [-0.25, -0.2) is 0 Å². The van der Waals surface area contributed by atoms with E-state index in [0.717, 1.165) is 16.0 Å². The Labute approximate surface area is 113 Å². The molecule has 0 aliphatic carbocycles. The molecule has 0 bridgehead atoms. The molecule has 2 aromatic rings. The highest BCUT2D eigenvalue weighted by molar-refractivity contribution is 9.11. The zero-order valence-electron chi connectivity index (χ0n) is 9.37. The van der Waals surface area contributed by atoms with E-state index in [9.17, 15) is 0 Å².